The second-order valence-corrected chi connectivity index (χ2v) is 2.68. The third kappa shape index (κ3) is 4.61. The van der Waals surface area contributed by atoms with Gasteiger partial charge in [0.05, 0.1) is 0 Å². The van der Waals surface area contributed by atoms with E-state index < -0.39 is 0 Å². The molecule has 1 nitrogen and oxygen atoms in total. The second-order valence-electron chi connectivity index (χ2n) is 2.68. The van der Waals surface area contributed by atoms with Crippen molar-refractivity contribution in [1.82, 2.24) is 0 Å². The lowest BCUT2D eigenvalue weighted by atomic mass is 9.97. The normalized spacial score (nSPS) is 11.5. The van der Waals surface area contributed by atoms with Crippen LogP contribution in [0.2, 0.25) is 0 Å². The predicted molar refractivity (Wildman–Crippen MR) is 47.1 cm³/mol. The summed E-state index contributed by atoms with van der Waals surface area (Å²) in [4.78, 5) is 10.9. The van der Waals surface area contributed by atoms with Crippen LogP contribution in [0.4, 0.5) is 0 Å². The van der Waals surface area contributed by atoms with E-state index in [1.54, 1.807) is 6.92 Å². The van der Waals surface area contributed by atoms with E-state index in [2.05, 4.69) is 11.8 Å². The Morgan fingerprint density at radius 3 is 2.55 bits per heavy atom. The Bertz CT molecular complexity index is 171. The molecule has 0 aliphatic heterocycles. The van der Waals surface area contributed by atoms with Crippen molar-refractivity contribution in [2.24, 2.45) is 5.92 Å². The summed E-state index contributed by atoms with van der Waals surface area (Å²) in [6.45, 7) is 5.54. The van der Waals surface area contributed by atoms with E-state index in [0.717, 1.165) is 19.3 Å². The third-order valence-corrected chi connectivity index (χ3v) is 1.86. The molecule has 0 amide bonds. The van der Waals surface area contributed by atoms with Gasteiger partial charge in [0, 0.05) is 12.3 Å². The summed E-state index contributed by atoms with van der Waals surface area (Å²) in [5, 5.41) is 0. The predicted octanol–water partition coefficient (Wildman–Crippen LogP) is 2.41. The summed E-state index contributed by atoms with van der Waals surface area (Å²) >= 11 is 0. The molecule has 0 rings (SSSR count). The van der Waals surface area contributed by atoms with Crippen molar-refractivity contribution in [3.05, 3.63) is 0 Å². The monoisotopic (exact) mass is 152 g/mol. The number of ketones is 1. The molecule has 62 valence electrons. The minimum absolute atomic E-state index is 0.232. The summed E-state index contributed by atoms with van der Waals surface area (Å²) in [5.41, 5.74) is 0. The molecule has 0 saturated carbocycles. The maximum atomic E-state index is 10.9. The summed E-state index contributed by atoms with van der Waals surface area (Å²) in [6, 6.07) is 0. The number of hydrogen-bond acceptors (Lipinski definition) is 1. The van der Waals surface area contributed by atoms with Crippen molar-refractivity contribution in [3.63, 3.8) is 0 Å². The molecule has 0 saturated heterocycles. The summed E-state index contributed by atoms with van der Waals surface area (Å²) in [6.07, 6.45) is 2.72. The molecule has 11 heavy (non-hydrogen) atoms. The Morgan fingerprint density at radius 1 is 1.55 bits per heavy atom. The number of hydrogen-bond donors (Lipinski definition) is 0. The second kappa shape index (κ2) is 5.97. The molecule has 0 aromatic carbocycles. The fourth-order valence-corrected chi connectivity index (χ4v) is 1.07. The first-order valence-corrected chi connectivity index (χ1v) is 4.12. The Hall–Kier alpha value is -0.770. The van der Waals surface area contributed by atoms with Crippen LogP contribution in [0, 0.1) is 17.8 Å². The lowest BCUT2D eigenvalue weighted by Crippen LogP contribution is -2.08. The van der Waals surface area contributed by atoms with Crippen LogP contribution in [0.1, 0.15) is 40.0 Å². The Labute approximate surface area is 69.2 Å². The van der Waals surface area contributed by atoms with E-state index in [1.807, 2.05) is 13.8 Å². The van der Waals surface area contributed by atoms with E-state index >= 15 is 0 Å². The minimum Gasteiger partial charge on any atom is -0.300 e. The van der Waals surface area contributed by atoms with Crippen LogP contribution < -0.4 is 0 Å². The van der Waals surface area contributed by atoms with Gasteiger partial charge in [-0.05, 0) is 26.7 Å². The lowest BCUT2D eigenvalue weighted by Gasteiger charge is -2.07. The van der Waals surface area contributed by atoms with Crippen molar-refractivity contribution in [3.8, 4) is 11.8 Å². The molecular weight excluding hydrogens is 136 g/mol. The Kier molecular flexibility index (Phi) is 5.56. The average Bonchev–Trinajstić information content (AvgIpc) is 1.97. The van der Waals surface area contributed by atoms with Crippen molar-refractivity contribution < 1.29 is 4.79 Å². The molecule has 0 radical (unpaired) electrons. The number of Topliss-reactive ketones (excluding diaryl/α,β-unsaturated/α-hetero) is 1. The van der Waals surface area contributed by atoms with Gasteiger partial charge in [0.2, 0.25) is 0 Å². The largest absolute Gasteiger partial charge is 0.300 e. The fraction of sp³-hybridized carbons (Fsp3) is 0.700. The maximum Gasteiger partial charge on any atom is 0.132 e. The highest BCUT2D eigenvalue weighted by atomic mass is 16.1. The minimum atomic E-state index is 0.232. The van der Waals surface area contributed by atoms with Gasteiger partial charge < -0.3 is 0 Å². The van der Waals surface area contributed by atoms with Crippen LogP contribution in [0.15, 0.2) is 0 Å². The zero-order chi connectivity index (χ0) is 8.69. The molecule has 1 atom stereocenters. The highest BCUT2D eigenvalue weighted by Crippen LogP contribution is 2.10. The van der Waals surface area contributed by atoms with Gasteiger partial charge in [-0.3, -0.25) is 4.79 Å². The topological polar surface area (TPSA) is 17.1 Å². The standard InChI is InChI=1S/C10H16O/c1-4-6-7-8-10(5-2)9(3)11/h10H,5,7-8H2,1-3H3. The van der Waals surface area contributed by atoms with Crippen LogP contribution in [0.3, 0.4) is 0 Å². The third-order valence-electron chi connectivity index (χ3n) is 1.86. The van der Waals surface area contributed by atoms with Gasteiger partial charge in [0.1, 0.15) is 5.78 Å². The number of rotatable bonds is 4. The quantitative estimate of drug-likeness (QED) is 0.565. The first-order valence-electron chi connectivity index (χ1n) is 4.12. The first kappa shape index (κ1) is 10.2. The SMILES string of the molecule is CC#CCCC(CC)C(C)=O. The van der Waals surface area contributed by atoms with Crippen LogP contribution >= 0.6 is 0 Å². The van der Waals surface area contributed by atoms with E-state index in [9.17, 15) is 4.79 Å². The molecule has 0 aliphatic rings. The molecule has 0 aromatic rings. The molecular formula is C10H16O. The first-order chi connectivity index (χ1) is 5.22. The highest BCUT2D eigenvalue weighted by molar-refractivity contribution is 5.78. The number of carbonyl (C=O) groups is 1. The zero-order valence-corrected chi connectivity index (χ0v) is 7.61. The Balaban J connectivity index is 3.67. The summed E-state index contributed by atoms with van der Waals surface area (Å²) in [5.74, 6) is 6.32. The molecule has 0 N–H and O–H groups in total. The van der Waals surface area contributed by atoms with Gasteiger partial charge in [-0.15, -0.1) is 11.8 Å². The van der Waals surface area contributed by atoms with Crippen molar-refractivity contribution >= 4 is 5.78 Å². The molecule has 0 bridgehead atoms. The van der Waals surface area contributed by atoms with E-state index in [4.69, 9.17) is 0 Å². The molecule has 1 unspecified atom stereocenters. The molecule has 0 fully saturated rings. The van der Waals surface area contributed by atoms with Gasteiger partial charge >= 0.3 is 0 Å². The van der Waals surface area contributed by atoms with Crippen LogP contribution in [-0.2, 0) is 4.79 Å². The van der Waals surface area contributed by atoms with Crippen LogP contribution in [0.25, 0.3) is 0 Å². The molecule has 0 aromatic heterocycles. The summed E-state index contributed by atoms with van der Waals surface area (Å²) < 4.78 is 0. The van der Waals surface area contributed by atoms with Crippen LogP contribution in [-0.4, -0.2) is 5.78 Å². The summed E-state index contributed by atoms with van der Waals surface area (Å²) in [7, 11) is 0. The molecule has 0 heterocycles. The maximum absolute atomic E-state index is 10.9. The smallest absolute Gasteiger partial charge is 0.132 e. The van der Waals surface area contributed by atoms with Crippen LogP contribution in [0.5, 0.6) is 0 Å². The van der Waals surface area contributed by atoms with Gasteiger partial charge in [-0.2, -0.15) is 0 Å². The highest BCUT2D eigenvalue weighted by Gasteiger charge is 2.09. The van der Waals surface area contributed by atoms with E-state index in [1.165, 1.54) is 0 Å². The van der Waals surface area contributed by atoms with Crippen molar-refractivity contribution in [1.29, 1.82) is 0 Å². The average molecular weight is 152 g/mol. The zero-order valence-electron chi connectivity index (χ0n) is 7.61. The molecule has 1 heteroatoms. The van der Waals surface area contributed by atoms with Gasteiger partial charge in [0.25, 0.3) is 0 Å². The Morgan fingerprint density at radius 2 is 2.18 bits per heavy atom. The lowest BCUT2D eigenvalue weighted by molar-refractivity contribution is -0.120. The van der Waals surface area contributed by atoms with E-state index in [-0.39, 0.29) is 5.92 Å². The van der Waals surface area contributed by atoms with Crippen molar-refractivity contribution in [2.45, 2.75) is 40.0 Å². The van der Waals surface area contributed by atoms with Gasteiger partial charge in [-0.1, -0.05) is 6.92 Å². The van der Waals surface area contributed by atoms with E-state index in [0.29, 0.717) is 5.78 Å². The van der Waals surface area contributed by atoms with Gasteiger partial charge in [-0.25, -0.2) is 0 Å². The van der Waals surface area contributed by atoms with Crippen molar-refractivity contribution in [2.75, 3.05) is 0 Å². The fourth-order valence-electron chi connectivity index (χ4n) is 1.07. The number of carbonyl (C=O) groups excluding carboxylic acids is 1. The molecule has 0 aliphatic carbocycles. The van der Waals surface area contributed by atoms with Gasteiger partial charge in [0.15, 0.2) is 0 Å². The molecule has 0 spiro atoms.